The van der Waals surface area contributed by atoms with Crippen LogP contribution in [0.15, 0.2) is 16.5 Å². The van der Waals surface area contributed by atoms with Crippen molar-refractivity contribution in [2.24, 2.45) is 11.1 Å². The maximum absolute atomic E-state index is 12.2. The van der Waals surface area contributed by atoms with Crippen LogP contribution >= 0.6 is 0 Å². The number of piperidine rings is 1. The molecule has 1 fully saturated rings. The highest BCUT2D eigenvalue weighted by atomic mass is 32.2. The second-order valence-electron chi connectivity index (χ2n) is 5.40. The molecule has 1 aliphatic rings. The molecule has 0 aliphatic carbocycles. The third kappa shape index (κ3) is 4.05. The molecular weight excluding hydrogens is 294 g/mol. The molecular formula is C13H21N3O4S. The van der Waals surface area contributed by atoms with Gasteiger partial charge in [-0.2, -0.15) is 12.7 Å². The average molecular weight is 315 g/mol. The fourth-order valence-corrected chi connectivity index (χ4v) is 3.18. The van der Waals surface area contributed by atoms with Gasteiger partial charge >= 0.3 is 0 Å². The zero-order valence-corrected chi connectivity index (χ0v) is 13.0. The summed E-state index contributed by atoms with van der Waals surface area (Å²) in [6.07, 6.45) is 0.957. The number of nitrogens with two attached hydrogens (primary N) is 1. The first-order valence-corrected chi connectivity index (χ1v) is 8.42. The molecule has 1 aromatic heterocycles. The molecule has 118 valence electrons. The number of nitrogens with zero attached hydrogens (tertiary/aromatic N) is 1. The largest absolute Gasteiger partial charge is 0.464 e. The maximum atomic E-state index is 12.2. The van der Waals surface area contributed by atoms with Crippen molar-refractivity contribution in [3.63, 3.8) is 0 Å². The van der Waals surface area contributed by atoms with E-state index in [1.165, 1.54) is 4.31 Å². The molecule has 2 heterocycles. The van der Waals surface area contributed by atoms with E-state index in [2.05, 4.69) is 5.32 Å². The van der Waals surface area contributed by atoms with E-state index in [0.29, 0.717) is 18.6 Å². The average Bonchev–Trinajstić information content (AvgIpc) is 2.84. The molecule has 1 saturated heterocycles. The van der Waals surface area contributed by atoms with E-state index in [1.807, 2.05) is 26.0 Å². The van der Waals surface area contributed by atoms with E-state index >= 15 is 0 Å². The molecule has 1 atom stereocenters. The SMILES string of the molecule is Cc1ccc([C@@H](C)NC(=O)C2CCN(S(N)(=O)=O)CC2)o1. The van der Waals surface area contributed by atoms with Crippen molar-refractivity contribution in [3.05, 3.63) is 23.7 Å². The number of carbonyl (C=O) groups excluding carboxylic acids is 1. The van der Waals surface area contributed by atoms with Crippen LogP contribution < -0.4 is 10.5 Å². The van der Waals surface area contributed by atoms with Crippen molar-refractivity contribution in [1.82, 2.24) is 9.62 Å². The van der Waals surface area contributed by atoms with Crippen LogP contribution in [0.4, 0.5) is 0 Å². The molecule has 3 N–H and O–H groups in total. The van der Waals surface area contributed by atoms with Crippen molar-refractivity contribution in [1.29, 1.82) is 0 Å². The summed E-state index contributed by atoms with van der Waals surface area (Å²) >= 11 is 0. The van der Waals surface area contributed by atoms with E-state index in [1.54, 1.807) is 0 Å². The van der Waals surface area contributed by atoms with Crippen LogP contribution in [0.2, 0.25) is 0 Å². The quantitative estimate of drug-likeness (QED) is 0.852. The Morgan fingerprint density at radius 2 is 2.05 bits per heavy atom. The summed E-state index contributed by atoms with van der Waals surface area (Å²) in [5.41, 5.74) is 0. The third-order valence-corrected chi connectivity index (χ3v) is 4.82. The number of nitrogens with one attached hydrogen (secondary N) is 1. The van der Waals surface area contributed by atoms with Gasteiger partial charge in [0.05, 0.1) is 6.04 Å². The summed E-state index contributed by atoms with van der Waals surface area (Å²) in [7, 11) is -3.65. The predicted molar refractivity (Wildman–Crippen MR) is 77.4 cm³/mol. The lowest BCUT2D eigenvalue weighted by atomic mass is 9.97. The van der Waals surface area contributed by atoms with Gasteiger partial charge in [-0.05, 0) is 38.8 Å². The summed E-state index contributed by atoms with van der Waals surface area (Å²) in [6, 6.07) is 3.48. The lowest BCUT2D eigenvalue weighted by molar-refractivity contribution is -0.126. The highest BCUT2D eigenvalue weighted by molar-refractivity contribution is 7.86. The summed E-state index contributed by atoms with van der Waals surface area (Å²) < 4.78 is 29.1. The lowest BCUT2D eigenvalue weighted by Crippen LogP contribution is -2.45. The van der Waals surface area contributed by atoms with Crippen molar-refractivity contribution >= 4 is 16.1 Å². The minimum absolute atomic E-state index is 0.0781. The molecule has 0 aromatic carbocycles. The topological polar surface area (TPSA) is 106 Å². The molecule has 0 radical (unpaired) electrons. The minimum Gasteiger partial charge on any atom is -0.464 e. The fourth-order valence-electron chi connectivity index (χ4n) is 2.46. The van der Waals surface area contributed by atoms with Crippen LogP contribution in [0.3, 0.4) is 0 Å². The van der Waals surface area contributed by atoms with Crippen LogP contribution in [-0.2, 0) is 15.0 Å². The van der Waals surface area contributed by atoms with Gasteiger partial charge in [0.25, 0.3) is 10.2 Å². The zero-order chi connectivity index (χ0) is 15.6. The van der Waals surface area contributed by atoms with Gasteiger partial charge in [0.1, 0.15) is 11.5 Å². The summed E-state index contributed by atoms with van der Waals surface area (Å²) in [5, 5.41) is 7.98. The number of aryl methyl sites for hydroxylation is 1. The molecule has 21 heavy (non-hydrogen) atoms. The van der Waals surface area contributed by atoms with Gasteiger partial charge in [-0.1, -0.05) is 0 Å². The lowest BCUT2D eigenvalue weighted by Gasteiger charge is -2.29. The minimum atomic E-state index is -3.65. The monoisotopic (exact) mass is 315 g/mol. The summed E-state index contributed by atoms with van der Waals surface area (Å²) in [4.78, 5) is 12.2. The Hall–Kier alpha value is -1.38. The smallest absolute Gasteiger partial charge is 0.276 e. The first-order valence-electron chi connectivity index (χ1n) is 6.92. The standard InChI is InChI=1S/C13H21N3O4S/c1-9-3-4-12(20-9)10(2)15-13(17)11-5-7-16(8-6-11)21(14,18)19/h3-4,10-11H,5-8H2,1-2H3,(H,15,17)(H2,14,18,19)/t10-/m1/s1. The third-order valence-electron chi connectivity index (χ3n) is 3.73. The normalized spacial score (nSPS) is 19.4. The Balaban J connectivity index is 1.88. The second kappa shape index (κ2) is 6.17. The highest BCUT2D eigenvalue weighted by Gasteiger charge is 2.30. The number of amides is 1. The van der Waals surface area contributed by atoms with E-state index in [-0.39, 0.29) is 31.0 Å². The fraction of sp³-hybridized carbons (Fsp3) is 0.615. The maximum Gasteiger partial charge on any atom is 0.276 e. The first kappa shape index (κ1) is 16.0. The Morgan fingerprint density at radius 3 is 2.52 bits per heavy atom. The Bertz CT molecular complexity index is 603. The Morgan fingerprint density at radius 1 is 1.43 bits per heavy atom. The first-order chi connectivity index (χ1) is 9.77. The molecule has 1 aromatic rings. The van der Waals surface area contributed by atoms with Crippen molar-refractivity contribution in [2.45, 2.75) is 32.7 Å². The van der Waals surface area contributed by atoms with Crippen molar-refractivity contribution in [3.8, 4) is 0 Å². The van der Waals surface area contributed by atoms with E-state index < -0.39 is 10.2 Å². The van der Waals surface area contributed by atoms with Crippen LogP contribution in [0.1, 0.15) is 37.3 Å². The number of carbonyl (C=O) groups is 1. The molecule has 1 amide bonds. The summed E-state index contributed by atoms with van der Waals surface area (Å²) in [5.74, 6) is 1.24. The van der Waals surface area contributed by atoms with E-state index in [4.69, 9.17) is 9.56 Å². The summed E-state index contributed by atoms with van der Waals surface area (Å²) in [6.45, 7) is 4.27. The molecule has 7 nitrogen and oxygen atoms in total. The van der Waals surface area contributed by atoms with E-state index in [9.17, 15) is 13.2 Å². The zero-order valence-electron chi connectivity index (χ0n) is 12.2. The second-order valence-corrected chi connectivity index (χ2v) is 6.94. The molecule has 0 bridgehead atoms. The Labute approximate surface area is 124 Å². The van der Waals surface area contributed by atoms with Gasteiger partial charge in [-0.3, -0.25) is 4.79 Å². The molecule has 0 unspecified atom stereocenters. The van der Waals surface area contributed by atoms with Crippen LogP contribution in [0.25, 0.3) is 0 Å². The van der Waals surface area contributed by atoms with Crippen LogP contribution in [0.5, 0.6) is 0 Å². The van der Waals surface area contributed by atoms with Crippen LogP contribution in [0, 0.1) is 12.8 Å². The predicted octanol–water partition coefficient (Wildman–Crippen LogP) is 0.681. The van der Waals surface area contributed by atoms with Gasteiger partial charge < -0.3 is 9.73 Å². The number of rotatable bonds is 4. The number of furan rings is 1. The Kier molecular flexibility index (Phi) is 4.70. The van der Waals surface area contributed by atoms with Gasteiger partial charge in [0.15, 0.2) is 0 Å². The van der Waals surface area contributed by atoms with Crippen LogP contribution in [-0.4, -0.2) is 31.7 Å². The van der Waals surface area contributed by atoms with Gasteiger partial charge in [0.2, 0.25) is 5.91 Å². The van der Waals surface area contributed by atoms with Crippen molar-refractivity contribution < 1.29 is 17.6 Å². The van der Waals surface area contributed by atoms with Crippen molar-refractivity contribution in [2.75, 3.05) is 13.1 Å². The molecule has 0 saturated carbocycles. The number of hydrogen-bond acceptors (Lipinski definition) is 4. The highest BCUT2D eigenvalue weighted by Crippen LogP contribution is 2.21. The van der Waals surface area contributed by atoms with Gasteiger partial charge in [0, 0.05) is 19.0 Å². The van der Waals surface area contributed by atoms with E-state index in [0.717, 1.165) is 5.76 Å². The van der Waals surface area contributed by atoms with Gasteiger partial charge in [-0.25, -0.2) is 5.14 Å². The molecule has 1 aliphatic heterocycles. The molecule has 0 spiro atoms. The molecule has 2 rings (SSSR count). The number of hydrogen-bond donors (Lipinski definition) is 2. The van der Waals surface area contributed by atoms with Gasteiger partial charge in [-0.15, -0.1) is 0 Å². The molecule has 8 heteroatoms.